The standard InChI is InChI=1S/C17H26N2O3.ClH/c1-12-3-4-15(19-17(20)9-13(2)18)10-16(12)22-11-14-5-7-21-8-6-14;/h3-4,10,13-14H,5-9,11,18H2,1-2H3,(H,19,20);1H. The predicted molar refractivity (Wildman–Crippen MR) is 94.4 cm³/mol. The second kappa shape index (κ2) is 9.75. The summed E-state index contributed by atoms with van der Waals surface area (Å²) in [4.78, 5) is 11.8. The van der Waals surface area contributed by atoms with Crippen molar-refractivity contribution in [2.75, 3.05) is 25.1 Å². The minimum absolute atomic E-state index is 0. The summed E-state index contributed by atoms with van der Waals surface area (Å²) in [6.07, 6.45) is 2.40. The van der Waals surface area contributed by atoms with E-state index >= 15 is 0 Å². The minimum atomic E-state index is -0.144. The van der Waals surface area contributed by atoms with E-state index in [1.54, 1.807) is 0 Å². The highest BCUT2D eigenvalue weighted by atomic mass is 35.5. The third-order valence-corrected chi connectivity index (χ3v) is 3.79. The molecule has 0 radical (unpaired) electrons. The molecule has 0 aliphatic carbocycles. The Morgan fingerprint density at radius 1 is 1.43 bits per heavy atom. The van der Waals surface area contributed by atoms with Gasteiger partial charge in [0.05, 0.1) is 6.61 Å². The van der Waals surface area contributed by atoms with Gasteiger partial charge >= 0.3 is 0 Å². The molecule has 1 fully saturated rings. The van der Waals surface area contributed by atoms with Crippen molar-refractivity contribution < 1.29 is 14.3 Å². The number of halogens is 1. The van der Waals surface area contributed by atoms with Crippen molar-refractivity contribution in [2.24, 2.45) is 11.7 Å². The predicted octanol–water partition coefficient (Wildman–Crippen LogP) is 2.90. The molecule has 0 aromatic heterocycles. The minimum Gasteiger partial charge on any atom is -0.493 e. The molecule has 1 heterocycles. The number of anilines is 1. The van der Waals surface area contributed by atoms with Gasteiger partial charge in [-0.2, -0.15) is 0 Å². The first-order valence-corrected chi connectivity index (χ1v) is 7.91. The van der Waals surface area contributed by atoms with E-state index < -0.39 is 0 Å². The molecule has 0 saturated carbocycles. The number of nitrogens with two attached hydrogens (primary N) is 1. The maximum absolute atomic E-state index is 11.8. The number of rotatable bonds is 6. The molecule has 23 heavy (non-hydrogen) atoms. The molecule has 0 bridgehead atoms. The van der Waals surface area contributed by atoms with Crippen LogP contribution in [0.2, 0.25) is 0 Å². The molecular formula is C17H27ClN2O3. The molecule has 1 aromatic rings. The highest BCUT2D eigenvalue weighted by Gasteiger charge is 2.15. The number of hydrogen-bond donors (Lipinski definition) is 2. The summed E-state index contributed by atoms with van der Waals surface area (Å²) in [5.74, 6) is 1.30. The van der Waals surface area contributed by atoms with E-state index in [0.29, 0.717) is 18.9 Å². The molecule has 5 nitrogen and oxygen atoms in total. The Labute approximate surface area is 144 Å². The van der Waals surface area contributed by atoms with Crippen molar-refractivity contribution >= 4 is 24.0 Å². The lowest BCUT2D eigenvalue weighted by Crippen LogP contribution is -2.24. The van der Waals surface area contributed by atoms with E-state index in [1.807, 2.05) is 32.0 Å². The molecule has 1 unspecified atom stereocenters. The molecule has 1 aliphatic heterocycles. The first-order valence-electron chi connectivity index (χ1n) is 7.91. The lowest BCUT2D eigenvalue weighted by atomic mass is 10.0. The average Bonchev–Trinajstić information content (AvgIpc) is 2.48. The third-order valence-electron chi connectivity index (χ3n) is 3.79. The summed E-state index contributed by atoms with van der Waals surface area (Å²) < 4.78 is 11.3. The van der Waals surface area contributed by atoms with E-state index in [9.17, 15) is 4.79 Å². The smallest absolute Gasteiger partial charge is 0.225 e. The van der Waals surface area contributed by atoms with Crippen LogP contribution in [0.5, 0.6) is 5.75 Å². The zero-order valence-electron chi connectivity index (χ0n) is 13.8. The van der Waals surface area contributed by atoms with Crippen LogP contribution in [0.3, 0.4) is 0 Å². The number of amides is 1. The molecule has 1 aromatic carbocycles. The zero-order valence-corrected chi connectivity index (χ0v) is 14.7. The van der Waals surface area contributed by atoms with Crippen molar-refractivity contribution in [1.82, 2.24) is 0 Å². The van der Waals surface area contributed by atoms with Gasteiger partial charge in [-0.1, -0.05) is 6.07 Å². The average molecular weight is 343 g/mol. The Morgan fingerprint density at radius 3 is 2.78 bits per heavy atom. The molecular weight excluding hydrogens is 316 g/mol. The van der Waals surface area contributed by atoms with E-state index in [1.165, 1.54) is 0 Å². The first kappa shape index (κ1) is 19.7. The Kier molecular flexibility index (Phi) is 8.37. The van der Waals surface area contributed by atoms with Crippen molar-refractivity contribution in [1.29, 1.82) is 0 Å². The maximum Gasteiger partial charge on any atom is 0.225 e. The summed E-state index contributed by atoms with van der Waals surface area (Å²) in [5, 5.41) is 2.86. The molecule has 1 aliphatic rings. The number of carbonyl (C=O) groups excluding carboxylic acids is 1. The lowest BCUT2D eigenvalue weighted by Gasteiger charge is -2.22. The lowest BCUT2D eigenvalue weighted by molar-refractivity contribution is -0.116. The fraction of sp³-hybridized carbons (Fsp3) is 0.588. The number of nitrogens with one attached hydrogen (secondary N) is 1. The van der Waals surface area contributed by atoms with Crippen LogP contribution in [-0.2, 0) is 9.53 Å². The van der Waals surface area contributed by atoms with E-state index in [-0.39, 0.29) is 24.4 Å². The normalized spacial score (nSPS) is 16.3. The van der Waals surface area contributed by atoms with Crippen LogP contribution < -0.4 is 15.8 Å². The van der Waals surface area contributed by atoms with Gasteiger partial charge in [0, 0.05) is 37.4 Å². The fourth-order valence-corrected chi connectivity index (χ4v) is 2.46. The van der Waals surface area contributed by atoms with Gasteiger partial charge in [0.2, 0.25) is 5.91 Å². The van der Waals surface area contributed by atoms with E-state index in [2.05, 4.69) is 5.32 Å². The third kappa shape index (κ3) is 6.77. The van der Waals surface area contributed by atoms with Crippen molar-refractivity contribution in [3.8, 4) is 5.75 Å². The second-order valence-electron chi connectivity index (χ2n) is 6.08. The van der Waals surface area contributed by atoms with Gasteiger partial charge < -0.3 is 20.5 Å². The summed E-state index contributed by atoms with van der Waals surface area (Å²) in [7, 11) is 0. The van der Waals surface area contributed by atoms with Gasteiger partial charge in [0.1, 0.15) is 5.75 Å². The molecule has 1 saturated heterocycles. The Morgan fingerprint density at radius 2 is 2.13 bits per heavy atom. The van der Waals surface area contributed by atoms with Gasteiger partial charge in [-0.05, 0) is 44.2 Å². The van der Waals surface area contributed by atoms with Crippen LogP contribution in [-0.4, -0.2) is 31.8 Å². The highest BCUT2D eigenvalue weighted by Crippen LogP contribution is 2.25. The summed E-state index contributed by atoms with van der Waals surface area (Å²) >= 11 is 0. The van der Waals surface area contributed by atoms with Gasteiger partial charge in [0.15, 0.2) is 0 Å². The highest BCUT2D eigenvalue weighted by molar-refractivity contribution is 5.91. The van der Waals surface area contributed by atoms with Crippen LogP contribution in [0.4, 0.5) is 5.69 Å². The topological polar surface area (TPSA) is 73.6 Å². The Hall–Kier alpha value is -1.30. The van der Waals surface area contributed by atoms with Gasteiger partial charge in [-0.3, -0.25) is 4.79 Å². The SMILES string of the molecule is Cc1ccc(NC(=O)CC(C)N)cc1OCC1CCOCC1.Cl. The summed E-state index contributed by atoms with van der Waals surface area (Å²) in [6.45, 7) is 6.16. The van der Waals surface area contributed by atoms with Gasteiger partial charge in [-0.25, -0.2) is 0 Å². The Balaban J connectivity index is 0.00000264. The quantitative estimate of drug-likeness (QED) is 0.833. The molecule has 0 spiro atoms. The zero-order chi connectivity index (χ0) is 15.9. The number of hydrogen-bond acceptors (Lipinski definition) is 4. The van der Waals surface area contributed by atoms with E-state index in [4.69, 9.17) is 15.2 Å². The molecule has 130 valence electrons. The molecule has 3 N–H and O–H groups in total. The number of benzene rings is 1. The van der Waals surface area contributed by atoms with E-state index in [0.717, 1.165) is 43.1 Å². The number of carbonyl (C=O) groups is 1. The molecule has 6 heteroatoms. The molecule has 2 rings (SSSR count). The van der Waals surface area contributed by atoms with Crippen LogP contribution in [0.1, 0.15) is 31.7 Å². The van der Waals surface area contributed by atoms with Crippen LogP contribution >= 0.6 is 12.4 Å². The van der Waals surface area contributed by atoms with Crippen molar-refractivity contribution in [3.63, 3.8) is 0 Å². The first-order chi connectivity index (χ1) is 10.5. The van der Waals surface area contributed by atoms with Crippen LogP contribution in [0.15, 0.2) is 18.2 Å². The second-order valence-corrected chi connectivity index (χ2v) is 6.08. The summed E-state index contributed by atoms with van der Waals surface area (Å²) in [6, 6.07) is 5.58. The van der Waals surface area contributed by atoms with Crippen molar-refractivity contribution in [3.05, 3.63) is 23.8 Å². The monoisotopic (exact) mass is 342 g/mol. The van der Waals surface area contributed by atoms with Gasteiger partial charge in [-0.15, -0.1) is 12.4 Å². The fourth-order valence-electron chi connectivity index (χ4n) is 2.46. The van der Waals surface area contributed by atoms with Crippen LogP contribution in [0.25, 0.3) is 0 Å². The maximum atomic E-state index is 11.8. The number of aryl methyl sites for hydroxylation is 1. The number of ether oxygens (including phenoxy) is 2. The Bertz CT molecular complexity index is 503. The van der Waals surface area contributed by atoms with Crippen molar-refractivity contribution in [2.45, 2.75) is 39.2 Å². The van der Waals surface area contributed by atoms with Crippen LogP contribution in [0, 0.1) is 12.8 Å². The largest absolute Gasteiger partial charge is 0.493 e. The molecule has 1 atom stereocenters. The molecule has 1 amide bonds. The van der Waals surface area contributed by atoms with Gasteiger partial charge in [0.25, 0.3) is 0 Å². The summed E-state index contributed by atoms with van der Waals surface area (Å²) in [5.41, 5.74) is 7.45.